The van der Waals surface area contributed by atoms with Gasteiger partial charge in [0.2, 0.25) is 0 Å². The zero-order valence-corrected chi connectivity index (χ0v) is 30.5. The third kappa shape index (κ3) is 4.27. The van der Waals surface area contributed by atoms with Crippen LogP contribution in [0.5, 0.6) is 0 Å². The Morgan fingerprint density at radius 2 is 1.10 bits per heavy atom. The fraction of sp³-hybridized carbons (Fsp3) is 0.0612. The standard InChI is InChI=1S/C49H33NS2/c1-49(2)41-18-8-5-15-35(41)40-28-31(23-27-42(40)49)33-13-6-9-19-43(33)50(32-24-26-37-36-16-7-10-21-45(36)51-46(37)29-32)44-20-11-17-38-39-25-22-30-12-3-4-14-34(30)47(39)52-48(38)44/h3-29H,1-2H3. The summed E-state index contributed by atoms with van der Waals surface area (Å²) >= 11 is 3.79. The fourth-order valence-electron chi connectivity index (χ4n) is 8.75. The minimum atomic E-state index is -0.0311. The van der Waals surface area contributed by atoms with E-state index in [1.165, 1.54) is 95.9 Å². The maximum Gasteiger partial charge on any atom is 0.0640 e. The third-order valence-electron chi connectivity index (χ3n) is 11.3. The molecule has 0 atom stereocenters. The number of hydrogen-bond acceptors (Lipinski definition) is 3. The van der Waals surface area contributed by atoms with Crippen LogP contribution in [0.25, 0.3) is 73.4 Å². The van der Waals surface area contributed by atoms with Gasteiger partial charge in [0.05, 0.1) is 16.1 Å². The first kappa shape index (κ1) is 29.9. The highest BCUT2D eigenvalue weighted by Crippen LogP contribution is 2.52. The SMILES string of the molecule is CC1(C)c2ccccc2-c2cc(-c3ccccc3N(c3ccc4c(c3)sc3ccccc34)c3cccc4c3sc3c5ccccc5ccc43)ccc21. The van der Waals surface area contributed by atoms with Gasteiger partial charge in [-0.2, -0.15) is 0 Å². The van der Waals surface area contributed by atoms with Crippen molar-refractivity contribution in [1.82, 2.24) is 0 Å². The van der Waals surface area contributed by atoms with Crippen molar-refractivity contribution >= 4 is 90.9 Å². The molecule has 0 fully saturated rings. The Kier molecular flexibility index (Phi) is 6.41. The quantitative estimate of drug-likeness (QED) is 0.177. The van der Waals surface area contributed by atoms with E-state index in [0.717, 1.165) is 5.69 Å². The van der Waals surface area contributed by atoms with Crippen molar-refractivity contribution < 1.29 is 0 Å². The first-order chi connectivity index (χ1) is 25.5. The lowest BCUT2D eigenvalue weighted by Crippen LogP contribution is -2.14. The van der Waals surface area contributed by atoms with E-state index in [-0.39, 0.29) is 5.41 Å². The van der Waals surface area contributed by atoms with Gasteiger partial charge in [-0.1, -0.05) is 141 Å². The van der Waals surface area contributed by atoms with E-state index in [2.05, 4.69) is 183 Å². The molecule has 10 aromatic rings. The van der Waals surface area contributed by atoms with Crippen molar-refractivity contribution in [3.63, 3.8) is 0 Å². The molecule has 2 heterocycles. The molecule has 1 nitrogen and oxygen atoms in total. The molecule has 11 rings (SSSR count). The zero-order valence-electron chi connectivity index (χ0n) is 28.9. The van der Waals surface area contributed by atoms with Gasteiger partial charge in [-0.05, 0) is 75.0 Å². The maximum atomic E-state index is 2.52. The van der Waals surface area contributed by atoms with Crippen LogP contribution in [0, 0.1) is 0 Å². The van der Waals surface area contributed by atoms with Gasteiger partial charge in [0, 0.05) is 52.3 Å². The minimum Gasteiger partial charge on any atom is -0.308 e. The molecule has 0 spiro atoms. The summed E-state index contributed by atoms with van der Waals surface area (Å²) in [5, 5.41) is 7.83. The van der Waals surface area contributed by atoms with Crippen LogP contribution in [0.2, 0.25) is 0 Å². The minimum absolute atomic E-state index is 0.0311. The molecule has 0 unspecified atom stereocenters. The molecule has 1 aliphatic rings. The van der Waals surface area contributed by atoms with Crippen LogP contribution in [0.15, 0.2) is 164 Å². The largest absolute Gasteiger partial charge is 0.308 e. The van der Waals surface area contributed by atoms with E-state index in [1.54, 1.807) is 0 Å². The lowest BCUT2D eigenvalue weighted by atomic mass is 9.82. The van der Waals surface area contributed by atoms with Crippen LogP contribution in [0.1, 0.15) is 25.0 Å². The highest BCUT2D eigenvalue weighted by atomic mass is 32.1. The summed E-state index contributed by atoms with van der Waals surface area (Å²) in [5.41, 5.74) is 11.4. The Hall–Kier alpha value is -5.74. The van der Waals surface area contributed by atoms with Gasteiger partial charge in [-0.15, -0.1) is 22.7 Å². The average Bonchev–Trinajstić information content (AvgIpc) is 3.83. The average molecular weight is 700 g/mol. The van der Waals surface area contributed by atoms with E-state index in [1.807, 2.05) is 22.7 Å². The Balaban J connectivity index is 1.18. The number of anilines is 3. The predicted octanol–water partition coefficient (Wildman–Crippen LogP) is 15.0. The van der Waals surface area contributed by atoms with Crippen LogP contribution in [0.3, 0.4) is 0 Å². The summed E-state index contributed by atoms with van der Waals surface area (Å²) in [6.45, 7) is 4.71. The molecule has 2 aromatic heterocycles. The highest BCUT2D eigenvalue weighted by Gasteiger charge is 2.35. The Morgan fingerprint density at radius 1 is 0.423 bits per heavy atom. The Labute approximate surface area is 310 Å². The molecule has 0 aliphatic heterocycles. The summed E-state index contributed by atoms with van der Waals surface area (Å²) in [4.78, 5) is 2.52. The van der Waals surface area contributed by atoms with Crippen molar-refractivity contribution in [3.8, 4) is 22.3 Å². The molecule has 8 aromatic carbocycles. The van der Waals surface area contributed by atoms with Gasteiger partial charge in [0.25, 0.3) is 0 Å². The van der Waals surface area contributed by atoms with Crippen LogP contribution in [0.4, 0.5) is 17.1 Å². The van der Waals surface area contributed by atoms with Gasteiger partial charge in [0.1, 0.15) is 0 Å². The molecular formula is C49H33NS2. The Bertz CT molecular complexity index is 3070. The normalized spacial score (nSPS) is 13.3. The van der Waals surface area contributed by atoms with Gasteiger partial charge < -0.3 is 4.90 Å². The van der Waals surface area contributed by atoms with Gasteiger partial charge >= 0.3 is 0 Å². The summed E-state index contributed by atoms with van der Waals surface area (Å²) < 4.78 is 5.26. The molecule has 0 N–H and O–H groups in total. The van der Waals surface area contributed by atoms with Gasteiger partial charge in [-0.3, -0.25) is 0 Å². The van der Waals surface area contributed by atoms with E-state index in [9.17, 15) is 0 Å². The number of para-hydroxylation sites is 1. The fourth-order valence-corrected chi connectivity index (χ4v) is 11.2. The van der Waals surface area contributed by atoms with E-state index >= 15 is 0 Å². The van der Waals surface area contributed by atoms with Crippen molar-refractivity contribution in [2.45, 2.75) is 19.3 Å². The summed E-state index contributed by atoms with van der Waals surface area (Å²) in [6, 6.07) is 61.1. The zero-order chi connectivity index (χ0) is 34.6. The van der Waals surface area contributed by atoms with Crippen LogP contribution < -0.4 is 4.90 Å². The number of rotatable bonds is 4. The van der Waals surface area contributed by atoms with Crippen LogP contribution >= 0.6 is 22.7 Å². The van der Waals surface area contributed by atoms with E-state index in [4.69, 9.17) is 0 Å². The molecule has 0 saturated carbocycles. The number of fused-ring (bicyclic) bond motifs is 11. The van der Waals surface area contributed by atoms with Crippen molar-refractivity contribution in [2.24, 2.45) is 0 Å². The summed E-state index contributed by atoms with van der Waals surface area (Å²) in [5.74, 6) is 0. The third-order valence-corrected chi connectivity index (χ3v) is 13.7. The second-order valence-corrected chi connectivity index (χ2v) is 16.6. The molecule has 3 heteroatoms. The maximum absolute atomic E-state index is 2.52. The molecule has 246 valence electrons. The summed E-state index contributed by atoms with van der Waals surface area (Å²) in [6.07, 6.45) is 0. The molecular weight excluding hydrogens is 667 g/mol. The molecule has 0 amide bonds. The molecule has 1 aliphatic carbocycles. The lowest BCUT2D eigenvalue weighted by Gasteiger charge is -2.28. The number of nitrogens with zero attached hydrogens (tertiary/aromatic N) is 1. The van der Waals surface area contributed by atoms with E-state index in [0.29, 0.717) is 0 Å². The lowest BCUT2D eigenvalue weighted by molar-refractivity contribution is 0.660. The van der Waals surface area contributed by atoms with Crippen molar-refractivity contribution in [3.05, 3.63) is 175 Å². The second kappa shape index (κ2) is 11.1. The van der Waals surface area contributed by atoms with Gasteiger partial charge in [-0.25, -0.2) is 0 Å². The molecule has 52 heavy (non-hydrogen) atoms. The predicted molar refractivity (Wildman–Crippen MR) is 227 cm³/mol. The van der Waals surface area contributed by atoms with Crippen molar-refractivity contribution in [2.75, 3.05) is 4.90 Å². The first-order valence-corrected chi connectivity index (χ1v) is 19.6. The highest BCUT2D eigenvalue weighted by molar-refractivity contribution is 7.27. The first-order valence-electron chi connectivity index (χ1n) is 17.9. The van der Waals surface area contributed by atoms with Crippen LogP contribution in [-0.4, -0.2) is 0 Å². The molecule has 0 radical (unpaired) electrons. The van der Waals surface area contributed by atoms with E-state index < -0.39 is 0 Å². The smallest absolute Gasteiger partial charge is 0.0640 e. The summed E-state index contributed by atoms with van der Waals surface area (Å²) in [7, 11) is 0. The number of thiophene rings is 2. The van der Waals surface area contributed by atoms with Gasteiger partial charge in [0.15, 0.2) is 0 Å². The van der Waals surface area contributed by atoms with Crippen LogP contribution in [-0.2, 0) is 5.41 Å². The monoisotopic (exact) mass is 699 g/mol. The number of hydrogen-bond donors (Lipinski definition) is 0. The second-order valence-electron chi connectivity index (χ2n) is 14.5. The van der Waals surface area contributed by atoms with Crippen molar-refractivity contribution in [1.29, 1.82) is 0 Å². The number of benzene rings is 8. The molecule has 0 saturated heterocycles. The Morgan fingerprint density at radius 3 is 2.02 bits per heavy atom. The molecule has 0 bridgehead atoms. The topological polar surface area (TPSA) is 3.24 Å².